The molecule has 5 heteroatoms. The first-order valence-corrected chi connectivity index (χ1v) is 11.2. The summed E-state index contributed by atoms with van der Waals surface area (Å²) in [6.07, 6.45) is 5.12. The average Bonchev–Trinajstić information content (AvgIpc) is 2.78. The van der Waals surface area contributed by atoms with Crippen molar-refractivity contribution in [2.45, 2.75) is 59.3 Å². The summed E-state index contributed by atoms with van der Waals surface area (Å²) in [5.74, 6) is 2.92. The summed E-state index contributed by atoms with van der Waals surface area (Å²) < 4.78 is 22.7. The third-order valence-corrected chi connectivity index (χ3v) is 5.26. The maximum Gasteiger partial charge on any atom is 0.166 e. The number of hydrogen-bond acceptors (Lipinski definition) is 5. The van der Waals surface area contributed by atoms with Gasteiger partial charge in [0.05, 0.1) is 33.0 Å². The third-order valence-electron chi connectivity index (χ3n) is 5.26. The molecule has 0 saturated carbocycles. The van der Waals surface area contributed by atoms with E-state index in [-0.39, 0.29) is 5.78 Å². The van der Waals surface area contributed by atoms with Crippen LogP contribution >= 0.6 is 0 Å². The Balaban J connectivity index is 2.15. The van der Waals surface area contributed by atoms with Crippen molar-refractivity contribution >= 4 is 5.78 Å². The number of Topliss-reactive ketones (excluding diaryl/α,β-unsaturated/α-hetero) is 1. The van der Waals surface area contributed by atoms with Gasteiger partial charge in [0.2, 0.25) is 0 Å². The molecule has 0 amide bonds. The summed E-state index contributed by atoms with van der Waals surface area (Å²) in [7, 11) is 3.19. The number of aryl methyl sites for hydroxylation is 1. The van der Waals surface area contributed by atoms with Gasteiger partial charge in [0.25, 0.3) is 0 Å². The van der Waals surface area contributed by atoms with E-state index < -0.39 is 0 Å². The van der Waals surface area contributed by atoms with Gasteiger partial charge in [0, 0.05) is 18.1 Å². The Bertz CT molecular complexity index is 844. The fourth-order valence-electron chi connectivity index (χ4n) is 3.39. The number of ketones is 1. The van der Waals surface area contributed by atoms with Crippen molar-refractivity contribution < 1.29 is 23.7 Å². The number of ether oxygens (including phenoxy) is 4. The van der Waals surface area contributed by atoms with Gasteiger partial charge in [-0.1, -0.05) is 32.8 Å². The van der Waals surface area contributed by atoms with Crippen molar-refractivity contribution in [2.24, 2.45) is 0 Å². The highest BCUT2D eigenvalue weighted by Crippen LogP contribution is 2.33. The van der Waals surface area contributed by atoms with Crippen LogP contribution in [-0.2, 0) is 6.42 Å². The molecule has 5 nitrogen and oxygen atoms in total. The van der Waals surface area contributed by atoms with Crippen LogP contribution in [0.25, 0.3) is 0 Å². The number of carbonyl (C=O) groups excluding carboxylic acids is 1. The van der Waals surface area contributed by atoms with Gasteiger partial charge in [-0.05, 0) is 49.9 Å². The van der Waals surface area contributed by atoms with Crippen LogP contribution in [-0.4, -0.2) is 33.2 Å². The van der Waals surface area contributed by atoms with E-state index in [4.69, 9.17) is 18.9 Å². The lowest BCUT2D eigenvalue weighted by Crippen LogP contribution is -2.07. The fraction of sp³-hybridized carbons (Fsp3) is 0.500. The van der Waals surface area contributed by atoms with E-state index in [0.29, 0.717) is 43.1 Å². The van der Waals surface area contributed by atoms with E-state index in [1.807, 2.05) is 31.2 Å². The lowest BCUT2D eigenvalue weighted by Gasteiger charge is -2.15. The molecule has 0 aliphatic heterocycles. The summed E-state index contributed by atoms with van der Waals surface area (Å²) in [4.78, 5) is 13.0. The van der Waals surface area contributed by atoms with E-state index in [1.165, 1.54) is 0 Å². The maximum absolute atomic E-state index is 13.0. The zero-order valence-electron chi connectivity index (χ0n) is 19.6. The molecule has 0 fully saturated rings. The summed E-state index contributed by atoms with van der Waals surface area (Å²) in [5, 5.41) is 0. The highest BCUT2D eigenvalue weighted by molar-refractivity contribution is 5.99. The van der Waals surface area contributed by atoms with Crippen LogP contribution in [0.5, 0.6) is 23.0 Å². The van der Waals surface area contributed by atoms with Gasteiger partial charge in [0.15, 0.2) is 5.78 Å². The number of unbranched alkanes of at least 4 members (excludes halogenated alkanes) is 2. The molecule has 0 radical (unpaired) electrons. The Morgan fingerprint density at radius 3 is 2.23 bits per heavy atom. The molecule has 0 N–H and O–H groups in total. The maximum atomic E-state index is 13.0. The Labute approximate surface area is 186 Å². The molecule has 2 rings (SSSR count). The van der Waals surface area contributed by atoms with Gasteiger partial charge >= 0.3 is 0 Å². The minimum Gasteiger partial charge on any atom is -0.496 e. The summed E-state index contributed by atoms with van der Waals surface area (Å²) in [6, 6.07) is 9.50. The molecular formula is C26H36O5. The minimum atomic E-state index is 0.0328. The topological polar surface area (TPSA) is 54.0 Å². The zero-order valence-corrected chi connectivity index (χ0v) is 19.6. The molecule has 0 aliphatic carbocycles. The Hall–Kier alpha value is -2.69. The lowest BCUT2D eigenvalue weighted by atomic mass is 9.99. The second-order valence-corrected chi connectivity index (χ2v) is 7.57. The molecule has 0 spiro atoms. The minimum absolute atomic E-state index is 0.0328. The summed E-state index contributed by atoms with van der Waals surface area (Å²) in [5.41, 5.74) is 2.42. The van der Waals surface area contributed by atoms with Crippen LogP contribution in [0.4, 0.5) is 0 Å². The Morgan fingerprint density at radius 2 is 1.58 bits per heavy atom. The predicted molar refractivity (Wildman–Crippen MR) is 124 cm³/mol. The molecule has 0 saturated heterocycles. The van der Waals surface area contributed by atoms with Crippen molar-refractivity contribution in [1.82, 2.24) is 0 Å². The third kappa shape index (κ3) is 6.91. The van der Waals surface area contributed by atoms with Gasteiger partial charge in [0.1, 0.15) is 23.0 Å². The molecule has 0 atom stereocenters. The molecule has 0 aromatic heterocycles. The molecule has 0 unspecified atom stereocenters. The van der Waals surface area contributed by atoms with Crippen LogP contribution in [0.2, 0.25) is 0 Å². The average molecular weight is 429 g/mol. The first-order chi connectivity index (χ1) is 15.0. The predicted octanol–water partition coefficient (Wildman–Crippen LogP) is 6.19. The molecule has 170 valence electrons. The van der Waals surface area contributed by atoms with Crippen LogP contribution in [0, 0.1) is 6.92 Å². The van der Waals surface area contributed by atoms with Gasteiger partial charge in [-0.25, -0.2) is 0 Å². The number of methoxy groups -OCH3 is 2. The van der Waals surface area contributed by atoms with Crippen LogP contribution < -0.4 is 18.9 Å². The number of hydrogen-bond donors (Lipinski definition) is 0. The van der Waals surface area contributed by atoms with Gasteiger partial charge in [-0.15, -0.1) is 0 Å². The van der Waals surface area contributed by atoms with E-state index in [0.717, 1.165) is 48.3 Å². The van der Waals surface area contributed by atoms with Crippen molar-refractivity contribution in [1.29, 1.82) is 0 Å². The Kier molecular flexibility index (Phi) is 10.2. The molecule has 0 bridgehead atoms. The lowest BCUT2D eigenvalue weighted by molar-refractivity contribution is 0.0979. The second kappa shape index (κ2) is 12.9. The second-order valence-electron chi connectivity index (χ2n) is 7.57. The first-order valence-electron chi connectivity index (χ1n) is 11.2. The summed E-state index contributed by atoms with van der Waals surface area (Å²) in [6.45, 7) is 7.52. The van der Waals surface area contributed by atoms with Crippen LogP contribution in [0.15, 0.2) is 30.3 Å². The van der Waals surface area contributed by atoms with Gasteiger partial charge in [-0.2, -0.15) is 0 Å². The fourth-order valence-corrected chi connectivity index (χ4v) is 3.39. The van der Waals surface area contributed by atoms with Crippen molar-refractivity contribution in [3.63, 3.8) is 0 Å². The SMILES string of the molecule is CCCCOc1ccc(CCC(=O)c2ccc(OC)c(C)c2OC)c(OCCCC)c1. The highest BCUT2D eigenvalue weighted by Gasteiger charge is 2.18. The zero-order chi connectivity index (χ0) is 22.6. The number of carbonyl (C=O) groups is 1. The van der Waals surface area contributed by atoms with E-state index in [2.05, 4.69) is 13.8 Å². The van der Waals surface area contributed by atoms with E-state index in [9.17, 15) is 4.79 Å². The van der Waals surface area contributed by atoms with Gasteiger partial charge in [-0.3, -0.25) is 4.79 Å². The summed E-state index contributed by atoms with van der Waals surface area (Å²) >= 11 is 0. The normalized spacial score (nSPS) is 10.6. The largest absolute Gasteiger partial charge is 0.496 e. The van der Waals surface area contributed by atoms with E-state index >= 15 is 0 Å². The highest BCUT2D eigenvalue weighted by atomic mass is 16.5. The molecule has 31 heavy (non-hydrogen) atoms. The molecule has 0 heterocycles. The van der Waals surface area contributed by atoms with E-state index in [1.54, 1.807) is 20.3 Å². The number of benzene rings is 2. The molecular weight excluding hydrogens is 392 g/mol. The number of rotatable bonds is 14. The van der Waals surface area contributed by atoms with Crippen molar-refractivity contribution in [3.05, 3.63) is 47.0 Å². The molecule has 2 aromatic carbocycles. The monoisotopic (exact) mass is 428 g/mol. The Morgan fingerprint density at radius 1 is 0.871 bits per heavy atom. The van der Waals surface area contributed by atoms with Crippen LogP contribution in [0.1, 0.15) is 67.4 Å². The molecule has 2 aromatic rings. The smallest absolute Gasteiger partial charge is 0.166 e. The van der Waals surface area contributed by atoms with Crippen LogP contribution in [0.3, 0.4) is 0 Å². The van der Waals surface area contributed by atoms with Crippen molar-refractivity contribution in [3.8, 4) is 23.0 Å². The quantitative estimate of drug-likeness (QED) is 0.265. The first kappa shape index (κ1) is 24.6. The molecule has 0 aliphatic rings. The standard InChI is InChI=1S/C26H36O5/c1-6-8-16-30-21-12-10-20(25(18-21)31-17-9-7-2)11-14-23(27)22-13-15-24(28-4)19(3)26(22)29-5/h10,12-13,15,18H,6-9,11,14,16-17H2,1-5H3. The van der Waals surface area contributed by atoms with Crippen molar-refractivity contribution in [2.75, 3.05) is 27.4 Å². The van der Waals surface area contributed by atoms with Gasteiger partial charge < -0.3 is 18.9 Å².